The predicted octanol–water partition coefficient (Wildman–Crippen LogP) is 0.937. The first-order chi connectivity index (χ1) is 6.22. The van der Waals surface area contributed by atoms with Crippen LogP contribution in [0.15, 0.2) is 0 Å². The second kappa shape index (κ2) is 8.38. The molecule has 0 heterocycles. The van der Waals surface area contributed by atoms with E-state index in [1.54, 1.807) is 16.7 Å². The monoisotopic (exact) mass is 204 g/mol. The van der Waals surface area contributed by atoms with Gasteiger partial charge in [0.05, 0.1) is 5.75 Å². The fourth-order valence-electron chi connectivity index (χ4n) is 0.873. The summed E-state index contributed by atoms with van der Waals surface area (Å²) in [5, 5.41) is 0. The highest BCUT2D eigenvalue weighted by atomic mass is 32.2. The second-order valence-electron chi connectivity index (χ2n) is 3.01. The van der Waals surface area contributed by atoms with E-state index in [0.29, 0.717) is 12.3 Å². The minimum Gasteiger partial charge on any atom is -0.345 e. The van der Waals surface area contributed by atoms with Crippen molar-refractivity contribution in [2.45, 2.75) is 19.8 Å². The summed E-state index contributed by atoms with van der Waals surface area (Å²) < 4.78 is 0. The van der Waals surface area contributed by atoms with Crippen molar-refractivity contribution in [3.8, 4) is 0 Å². The Balaban J connectivity index is 3.45. The number of unbranched alkanes of at least 4 members (excludes halogenated alkanes) is 1. The first-order valence-electron chi connectivity index (χ1n) is 4.74. The van der Waals surface area contributed by atoms with Gasteiger partial charge in [-0.25, -0.2) is 0 Å². The van der Waals surface area contributed by atoms with Crippen molar-refractivity contribution < 1.29 is 4.79 Å². The smallest absolute Gasteiger partial charge is 0.232 e. The van der Waals surface area contributed by atoms with E-state index in [0.717, 1.165) is 25.1 Å². The van der Waals surface area contributed by atoms with Crippen molar-refractivity contribution in [3.05, 3.63) is 0 Å². The topological polar surface area (TPSA) is 46.3 Å². The van der Waals surface area contributed by atoms with Gasteiger partial charge in [-0.3, -0.25) is 4.79 Å². The van der Waals surface area contributed by atoms with Gasteiger partial charge in [-0.15, -0.1) is 0 Å². The number of hydrogen-bond donors (Lipinski definition) is 1. The third kappa shape index (κ3) is 6.90. The molecular formula is C9H20N2OS. The summed E-state index contributed by atoms with van der Waals surface area (Å²) in [4.78, 5) is 13.2. The Hall–Kier alpha value is -0.220. The number of amides is 1. The molecule has 0 aliphatic carbocycles. The first-order valence-corrected chi connectivity index (χ1v) is 5.89. The minimum atomic E-state index is 0.215. The van der Waals surface area contributed by atoms with Crippen molar-refractivity contribution in [3.63, 3.8) is 0 Å². The highest BCUT2D eigenvalue weighted by Gasteiger charge is 2.06. The average molecular weight is 204 g/mol. The van der Waals surface area contributed by atoms with Gasteiger partial charge in [0.25, 0.3) is 0 Å². The summed E-state index contributed by atoms with van der Waals surface area (Å²) in [7, 11) is 1.86. The van der Waals surface area contributed by atoms with E-state index in [1.165, 1.54) is 0 Å². The van der Waals surface area contributed by atoms with Gasteiger partial charge < -0.3 is 10.6 Å². The van der Waals surface area contributed by atoms with Gasteiger partial charge in [-0.2, -0.15) is 11.8 Å². The molecule has 0 unspecified atom stereocenters. The maximum atomic E-state index is 11.4. The van der Waals surface area contributed by atoms with Gasteiger partial charge in [0.15, 0.2) is 0 Å². The van der Waals surface area contributed by atoms with Crippen LogP contribution in [0.1, 0.15) is 19.8 Å². The molecule has 3 nitrogen and oxygen atoms in total. The Labute approximate surface area is 85.0 Å². The van der Waals surface area contributed by atoms with Crippen LogP contribution in [0.4, 0.5) is 0 Å². The maximum absolute atomic E-state index is 11.4. The number of carbonyl (C=O) groups is 1. The van der Waals surface area contributed by atoms with E-state index >= 15 is 0 Å². The number of nitrogens with two attached hydrogens (primary N) is 1. The Bertz CT molecular complexity index is 142. The minimum absolute atomic E-state index is 0.215. The summed E-state index contributed by atoms with van der Waals surface area (Å²) in [5.74, 6) is 1.65. The van der Waals surface area contributed by atoms with Crippen LogP contribution in [0.25, 0.3) is 0 Å². The lowest BCUT2D eigenvalue weighted by atomic mass is 10.3. The lowest BCUT2D eigenvalue weighted by Crippen LogP contribution is -2.29. The largest absolute Gasteiger partial charge is 0.345 e. The quantitative estimate of drug-likeness (QED) is 0.628. The SMILES string of the molecule is CCCCN(C)C(=O)CSCCN. The predicted molar refractivity (Wildman–Crippen MR) is 58.9 cm³/mol. The van der Waals surface area contributed by atoms with Crippen LogP contribution in [0.3, 0.4) is 0 Å². The summed E-state index contributed by atoms with van der Waals surface area (Å²) in [6.45, 7) is 3.65. The molecule has 0 aromatic heterocycles. The van der Waals surface area contributed by atoms with Crippen molar-refractivity contribution in [2.24, 2.45) is 5.73 Å². The molecule has 0 rings (SSSR count). The molecule has 4 heteroatoms. The summed E-state index contributed by atoms with van der Waals surface area (Å²) >= 11 is 1.61. The molecule has 0 aliphatic rings. The summed E-state index contributed by atoms with van der Waals surface area (Å²) in [6, 6.07) is 0. The van der Waals surface area contributed by atoms with Crippen LogP contribution in [0, 0.1) is 0 Å². The third-order valence-corrected chi connectivity index (χ3v) is 2.74. The number of carbonyl (C=O) groups excluding carboxylic acids is 1. The van der Waals surface area contributed by atoms with E-state index in [2.05, 4.69) is 6.92 Å². The van der Waals surface area contributed by atoms with Crippen molar-refractivity contribution >= 4 is 17.7 Å². The van der Waals surface area contributed by atoms with Crippen LogP contribution in [0.2, 0.25) is 0 Å². The zero-order chi connectivity index (χ0) is 10.1. The van der Waals surface area contributed by atoms with E-state index in [4.69, 9.17) is 5.73 Å². The van der Waals surface area contributed by atoms with Gasteiger partial charge in [-0.1, -0.05) is 13.3 Å². The van der Waals surface area contributed by atoms with Gasteiger partial charge in [-0.05, 0) is 6.42 Å². The lowest BCUT2D eigenvalue weighted by molar-refractivity contribution is -0.127. The Kier molecular flexibility index (Phi) is 8.24. The van der Waals surface area contributed by atoms with E-state index in [9.17, 15) is 4.79 Å². The zero-order valence-corrected chi connectivity index (χ0v) is 9.40. The fraction of sp³-hybridized carbons (Fsp3) is 0.889. The molecule has 0 radical (unpaired) electrons. The highest BCUT2D eigenvalue weighted by molar-refractivity contribution is 7.99. The maximum Gasteiger partial charge on any atom is 0.232 e. The van der Waals surface area contributed by atoms with Crippen LogP contribution < -0.4 is 5.73 Å². The summed E-state index contributed by atoms with van der Waals surface area (Å²) in [5.41, 5.74) is 5.33. The molecule has 2 N–H and O–H groups in total. The zero-order valence-electron chi connectivity index (χ0n) is 8.58. The van der Waals surface area contributed by atoms with E-state index in [-0.39, 0.29) is 5.91 Å². The number of rotatable bonds is 7. The normalized spacial score (nSPS) is 10.1. The molecule has 0 spiro atoms. The van der Waals surface area contributed by atoms with E-state index in [1.807, 2.05) is 7.05 Å². The van der Waals surface area contributed by atoms with Gasteiger partial charge >= 0.3 is 0 Å². The average Bonchev–Trinajstić information content (AvgIpc) is 2.14. The number of thioether (sulfide) groups is 1. The molecule has 0 saturated carbocycles. The van der Waals surface area contributed by atoms with Crippen LogP contribution in [-0.4, -0.2) is 42.4 Å². The Morgan fingerprint density at radius 3 is 2.77 bits per heavy atom. The first kappa shape index (κ1) is 12.8. The van der Waals surface area contributed by atoms with Crippen molar-refractivity contribution in [1.29, 1.82) is 0 Å². The van der Waals surface area contributed by atoms with Gasteiger partial charge in [0.2, 0.25) is 5.91 Å². The molecule has 0 aliphatic heterocycles. The Morgan fingerprint density at radius 1 is 1.54 bits per heavy atom. The Morgan fingerprint density at radius 2 is 2.23 bits per heavy atom. The molecular weight excluding hydrogens is 184 g/mol. The number of nitrogens with zero attached hydrogens (tertiary/aromatic N) is 1. The third-order valence-electron chi connectivity index (χ3n) is 1.76. The van der Waals surface area contributed by atoms with Crippen molar-refractivity contribution in [2.75, 3.05) is 31.6 Å². The highest BCUT2D eigenvalue weighted by Crippen LogP contribution is 2.01. The standard InChI is InChI=1S/C9H20N2OS/c1-3-4-6-11(2)9(12)8-13-7-5-10/h3-8,10H2,1-2H3. The van der Waals surface area contributed by atoms with Crippen molar-refractivity contribution in [1.82, 2.24) is 4.90 Å². The molecule has 1 amide bonds. The molecule has 0 aromatic rings. The number of hydrogen-bond acceptors (Lipinski definition) is 3. The molecule has 0 fully saturated rings. The summed E-state index contributed by atoms with van der Waals surface area (Å²) in [6.07, 6.45) is 2.22. The van der Waals surface area contributed by atoms with Crippen LogP contribution in [-0.2, 0) is 4.79 Å². The van der Waals surface area contributed by atoms with Gasteiger partial charge in [0, 0.05) is 25.9 Å². The lowest BCUT2D eigenvalue weighted by Gasteiger charge is -2.16. The fourth-order valence-corrected chi connectivity index (χ4v) is 1.58. The van der Waals surface area contributed by atoms with E-state index < -0.39 is 0 Å². The second-order valence-corrected chi connectivity index (χ2v) is 4.12. The molecule has 0 bridgehead atoms. The molecule has 13 heavy (non-hydrogen) atoms. The van der Waals surface area contributed by atoms with Crippen LogP contribution in [0.5, 0.6) is 0 Å². The van der Waals surface area contributed by atoms with Crippen LogP contribution >= 0.6 is 11.8 Å². The molecule has 0 saturated heterocycles. The molecule has 0 aromatic carbocycles. The molecule has 0 atom stereocenters. The van der Waals surface area contributed by atoms with Gasteiger partial charge in [0.1, 0.15) is 0 Å². The molecule has 78 valence electrons.